The Bertz CT molecular complexity index is 719. The van der Waals surface area contributed by atoms with Crippen LogP contribution < -0.4 is 0 Å². The van der Waals surface area contributed by atoms with Crippen molar-refractivity contribution in [3.05, 3.63) is 35.0 Å². The number of benzene rings is 1. The SMILES string of the molecule is CCCCOC(=O)[C@H]1C[C@@H]1C(=O)c1cc(Cl)c2occc2c1. The van der Waals surface area contributed by atoms with E-state index in [0.717, 1.165) is 18.2 Å². The summed E-state index contributed by atoms with van der Waals surface area (Å²) < 4.78 is 10.4. The molecule has 5 heteroatoms. The van der Waals surface area contributed by atoms with Gasteiger partial charge in [0.05, 0.1) is 23.8 Å². The Morgan fingerprint density at radius 3 is 2.95 bits per heavy atom. The summed E-state index contributed by atoms with van der Waals surface area (Å²) in [4.78, 5) is 24.3. The van der Waals surface area contributed by atoms with E-state index in [1.165, 1.54) is 6.26 Å². The minimum absolute atomic E-state index is 0.0533. The highest BCUT2D eigenvalue weighted by Crippen LogP contribution is 2.42. The molecule has 0 amide bonds. The summed E-state index contributed by atoms with van der Waals surface area (Å²) in [6.45, 7) is 2.46. The van der Waals surface area contributed by atoms with E-state index >= 15 is 0 Å². The first-order valence-electron chi connectivity index (χ1n) is 7.49. The lowest BCUT2D eigenvalue weighted by molar-refractivity contribution is -0.145. The zero-order valence-electron chi connectivity index (χ0n) is 12.3. The Morgan fingerprint density at radius 2 is 2.18 bits per heavy atom. The molecule has 4 nitrogen and oxygen atoms in total. The Hall–Kier alpha value is -1.81. The van der Waals surface area contributed by atoms with Crippen LogP contribution in [0.3, 0.4) is 0 Å². The van der Waals surface area contributed by atoms with Gasteiger partial charge in [-0.15, -0.1) is 0 Å². The second kappa shape index (κ2) is 6.13. The topological polar surface area (TPSA) is 56.5 Å². The second-order valence-electron chi connectivity index (χ2n) is 5.63. The van der Waals surface area contributed by atoms with Crippen LogP contribution in [-0.4, -0.2) is 18.4 Å². The number of fused-ring (bicyclic) bond motifs is 1. The molecule has 1 saturated carbocycles. The Kier molecular flexibility index (Phi) is 4.21. The first-order valence-corrected chi connectivity index (χ1v) is 7.87. The van der Waals surface area contributed by atoms with Crippen LogP contribution in [0.15, 0.2) is 28.9 Å². The van der Waals surface area contributed by atoms with E-state index in [4.69, 9.17) is 20.8 Å². The fourth-order valence-corrected chi connectivity index (χ4v) is 2.84. The summed E-state index contributed by atoms with van der Waals surface area (Å²) in [5.74, 6) is -0.901. The third-order valence-corrected chi connectivity index (χ3v) is 4.24. The summed E-state index contributed by atoms with van der Waals surface area (Å²) >= 11 is 6.12. The fourth-order valence-electron chi connectivity index (χ4n) is 2.56. The number of ketones is 1. The fraction of sp³-hybridized carbons (Fsp3) is 0.412. The van der Waals surface area contributed by atoms with Crippen LogP contribution in [0.5, 0.6) is 0 Å². The van der Waals surface area contributed by atoms with E-state index in [2.05, 4.69) is 0 Å². The van der Waals surface area contributed by atoms with Crippen molar-refractivity contribution >= 4 is 34.3 Å². The molecule has 1 fully saturated rings. The van der Waals surface area contributed by atoms with Gasteiger partial charge in [-0.1, -0.05) is 24.9 Å². The number of carbonyl (C=O) groups excluding carboxylic acids is 2. The standard InChI is InChI=1S/C17H17ClO4/c1-2-3-5-22-17(20)13-9-12(13)15(19)11-7-10-4-6-21-16(10)14(18)8-11/h4,6-8,12-13H,2-3,5,9H2,1H3/t12-,13-/m0/s1. The van der Waals surface area contributed by atoms with Crippen molar-refractivity contribution in [2.24, 2.45) is 11.8 Å². The number of carbonyl (C=O) groups is 2. The van der Waals surface area contributed by atoms with Crippen molar-refractivity contribution in [2.45, 2.75) is 26.2 Å². The second-order valence-corrected chi connectivity index (χ2v) is 6.04. The predicted molar refractivity (Wildman–Crippen MR) is 83.0 cm³/mol. The molecule has 2 aromatic rings. The third kappa shape index (κ3) is 2.88. The van der Waals surface area contributed by atoms with Gasteiger partial charge in [-0.05, 0) is 31.0 Å². The van der Waals surface area contributed by atoms with Crippen LogP contribution in [0.4, 0.5) is 0 Å². The van der Waals surface area contributed by atoms with Crippen molar-refractivity contribution < 1.29 is 18.7 Å². The van der Waals surface area contributed by atoms with Gasteiger partial charge in [-0.2, -0.15) is 0 Å². The third-order valence-electron chi connectivity index (χ3n) is 3.96. The van der Waals surface area contributed by atoms with Gasteiger partial charge in [-0.25, -0.2) is 0 Å². The summed E-state index contributed by atoms with van der Waals surface area (Å²) in [5.41, 5.74) is 1.09. The van der Waals surface area contributed by atoms with Crippen LogP contribution in [0.2, 0.25) is 5.02 Å². The molecule has 1 aliphatic rings. The van der Waals surface area contributed by atoms with E-state index in [1.807, 2.05) is 6.92 Å². The number of furan rings is 1. The predicted octanol–water partition coefficient (Wildman–Crippen LogP) is 4.25. The van der Waals surface area contributed by atoms with Gasteiger partial charge in [0, 0.05) is 16.9 Å². The molecule has 3 rings (SSSR count). The first-order chi connectivity index (χ1) is 10.6. The maximum absolute atomic E-state index is 12.5. The van der Waals surface area contributed by atoms with Gasteiger partial charge in [0.2, 0.25) is 0 Å². The number of halogens is 1. The Balaban J connectivity index is 1.68. The molecule has 0 N–H and O–H groups in total. The molecule has 1 heterocycles. The molecule has 22 heavy (non-hydrogen) atoms. The minimum atomic E-state index is -0.303. The smallest absolute Gasteiger partial charge is 0.309 e. The maximum Gasteiger partial charge on any atom is 0.309 e. The van der Waals surface area contributed by atoms with Crippen molar-refractivity contribution in [3.8, 4) is 0 Å². The van der Waals surface area contributed by atoms with Crippen LogP contribution in [-0.2, 0) is 9.53 Å². The number of hydrogen-bond acceptors (Lipinski definition) is 4. The van der Waals surface area contributed by atoms with Gasteiger partial charge in [-0.3, -0.25) is 9.59 Å². The van der Waals surface area contributed by atoms with Crippen LogP contribution in [0.1, 0.15) is 36.5 Å². The largest absolute Gasteiger partial charge is 0.465 e. The number of unbranched alkanes of at least 4 members (excludes halogenated alkanes) is 1. The number of rotatable bonds is 6. The molecule has 0 radical (unpaired) electrons. The number of hydrogen-bond donors (Lipinski definition) is 0. The van der Waals surface area contributed by atoms with Crippen LogP contribution in [0.25, 0.3) is 11.0 Å². The summed E-state index contributed by atoms with van der Waals surface area (Å²) in [6.07, 6.45) is 3.92. The molecule has 1 aliphatic carbocycles. The molecule has 0 saturated heterocycles. The van der Waals surface area contributed by atoms with Gasteiger partial charge < -0.3 is 9.15 Å². The van der Waals surface area contributed by atoms with E-state index < -0.39 is 0 Å². The average molecular weight is 321 g/mol. The zero-order valence-corrected chi connectivity index (χ0v) is 13.1. The lowest BCUT2D eigenvalue weighted by Crippen LogP contribution is -2.12. The number of esters is 1. The highest BCUT2D eigenvalue weighted by Gasteiger charge is 2.49. The maximum atomic E-state index is 12.5. The monoisotopic (exact) mass is 320 g/mol. The van der Waals surface area contributed by atoms with Crippen LogP contribution >= 0.6 is 11.6 Å². The summed E-state index contributed by atoms with van der Waals surface area (Å²) in [5, 5.41) is 1.20. The van der Waals surface area contributed by atoms with Gasteiger partial charge in [0.15, 0.2) is 11.4 Å². The van der Waals surface area contributed by atoms with E-state index in [9.17, 15) is 9.59 Å². The van der Waals surface area contributed by atoms with Crippen molar-refractivity contribution in [1.29, 1.82) is 0 Å². The number of Topliss-reactive ketones (excluding diaryl/α,β-unsaturated/α-hetero) is 1. The molecule has 1 aromatic heterocycles. The minimum Gasteiger partial charge on any atom is -0.465 e. The average Bonchev–Trinajstić information content (AvgIpc) is 3.16. The normalized spacial score (nSPS) is 20.1. The zero-order chi connectivity index (χ0) is 15.7. The molecule has 0 aliphatic heterocycles. The highest BCUT2D eigenvalue weighted by atomic mass is 35.5. The molecular formula is C17H17ClO4. The molecule has 0 bridgehead atoms. The highest BCUT2D eigenvalue weighted by molar-refractivity contribution is 6.35. The molecule has 0 unspecified atom stereocenters. The molecule has 0 spiro atoms. The van der Waals surface area contributed by atoms with Crippen LogP contribution in [0, 0.1) is 11.8 Å². The summed E-state index contributed by atoms with van der Waals surface area (Å²) in [6, 6.07) is 5.12. The van der Waals surface area contributed by atoms with Crippen molar-refractivity contribution in [2.75, 3.05) is 6.61 Å². The number of ether oxygens (including phenoxy) is 1. The van der Waals surface area contributed by atoms with Gasteiger partial charge in [0.25, 0.3) is 0 Å². The Morgan fingerprint density at radius 1 is 1.36 bits per heavy atom. The quantitative estimate of drug-likeness (QED) is 0.453. The first kappa shape index (κ1) is 15.1. The lowest BCUT2D eigenvalue weighted by atomic mass is 10.0. The van der Waals surface area contributed by atoms with Gasteiger partial charge in [0.1, 0.15) is 0 Å². The summed E-state index contributed by atoms with van der Waals surface area (Å²) in [7, 11) is 0. The van der Waals surface area contributed by atoms with Gasteiger partial charge >= 0.3 is 5.97 Å². The lowest BCUT2D eigenvalue weighted by Gasteiger charge is -2.04. The Labute approximate surface area is 133 Å². The van der Waals surface area contributed by atoms with E-state index in [0.29, 0.717) is 29.2 Å². The molecule has 1 aromatic carbocycles. The van der Waals surface area contributed by atoms with E-state index in [-0.39, 0.29) is 23.6 Å². The van der Waals surface area contributed by atoms with E-state index in [1.54, 1.807) is 18.2 Å². The van der Waals surface area contributed by atoms with Crippen molar-refractivity contribution in [1.82, 2.24) is 0 Å². The van der Waals surface area contributed by atoms with Crippen molar-refractivity contribution in [3.63, 3.8) is 0 Å². The molecule has 2 atom stereocenters. The molecular weight excluding hydrogens is 304 g/mol. The molecule has 116 valence electrons.